The van der Waals surface area contributed by atoms with Gasteiger partial charge in [0.1, 0.15) is 0 Å². The zero-order valence-electron chi connectivity index (χ0n) is 18.6. The molecule has 0 atom stereocenters. The van der Waals surface area contributed by atoms with E-state index in [0.29, 0.717) is 0 Å². The first-order valence-corrected chi connectivity index (χ1v) is 12.7. The van der Waals surface area contributed by atoms with E-state index in [4.69, 9.17) is 0 Å². The van der Waals surface area contributed by atoms with Gasteiger partial charge in [-0.1, -0.05) is 82.0 Å². The third-order valence-electron chi connectivity index (χ3n) is 6.93. The predicted molar refractivity (Wildman–Crippen MR) is 132 cm³/mol. The predicted octanol–water partition coefficient (Wildman–Crippen LogP) is 8.63. The molecular weight excluding hydrogens is 368 g/mol. The molecule has 29 heavy (non-hydrogen) atoms. The summed E-state index contributed by atoms with van der Waals surface area (Å²) >= 11 is 4.33. The maximum Gasteiger partial charge on any atom is -0.00947 e. The average Bonchev–Trinajstić information content (AvgIpc) is 2.78. The summed E-state index contributed by atoms with van der Waals surface area (Å²) in [5.41, 5.74) is 7.31. The fourth-order valence-electron chi connectivity index (χ4n) is 5.04. The van der Waals surface area contributed by atoms with E-state index in [1.54, 1.807) is 5.56 Å². The fourth-order valence-corrected chi connectivity index (χ4v) is 5.20. The molecule has 0 radical (unpaired) electrons. The number of benzene rings is 2. The van der Waals surface area contributed by atoms with Crippen molar-refractivity contribution < 1.29 is 0 Å². The minimum Gasteiger partial charge on any atom is -0.179 e. The first kappa shape index (κ1) is 22.5. The quantitative estimate of drug-likeness (QED) is 0.295. The van der Waals surface area contributed by atoms with Crippen molar-refractivity contribution in [2.45, 2.75) is 90.4 Å². The van der Waals surface area contributed by atoms with Crippen molar-refractivity contribution in [1.29, 1.82) is 0 Å². The molecule has 0 aromatic heterocycles. The molecule has 1 aliphatic carbocycles. The summed E-state index contributed by atoms with van der Waals surface area (Å²) in [5, 5.41) is 0. The molecule has 0 spiro atoms. The molecule has 0 aliphatic heterocycles. The molecule has 1 saturated carbocycles. The van der Waals surface area contributed by atoms with Gasteiger partial charge in [0.05, 0.1) is 0 Å². The van der Waals surface area contributed by atoms with Crippen molar-refractivity contribution in [3.63, 3.8) is 0 Å². The van der Waals surface area contributed by atoms with E-state index in [1.807, 2.05) is 0 Å². The molecule has 158 valence electrons. The largest absolute Gasteiger partial charge is 0.179 e. The van der Waals surface area contributed by atoms with Crippen molar-refractivity contribution in [1.82, 2.24) is 0 Å². The molecule has 2 aromatic carbocycles. The van der Waals surface area contributed by atoms with Crippen molar-refractivity contribution in [2.75, 3.05) is 5.75 Å². The van der Waals surface area contributed by atoms with Crippen molar-refractivity contribution in [3.8, 4) is 11.1 Å². The van der Waals surface area contributed by atoms with Gasteiger partial charge in [-0.3, -0.25) is 0 Å². The van der Waals surface area contributed by atoms with E-state index >= 15 is 0 Å². The van der Waals surface area contributed by atoms with Crippen LogP contribution in [0.2, 0.25) is 0 Å². The Morgan fingerprint density at radius 1 is 0.862 bits per heavy atom. The molecule has 2 aromatic rings. The van der Waals surface area contributed by atoms with Gasteiger partial charge < -0.3 is 0 Å². The summed E-state index contributed by atoms with van der Waals surface area (Å²) in [6.45, 7) is 4.61. The van der Waals surface area contributed by atoms with Gasteiger partial charge in [-0.15, -0.1) is 0 Å². The molecule has 0 unspecified atom stereocenters. The number of hydrogen-bond donors (Lipinski definition) is 1. The molecule has 0 N–H and O–H groups in total. The number of thiol groups is 1. The highest BCUT2D eigenvalue weighted by Crippen LogP contribution is 2.39. The molecule has 1 heteroatoms. The SMILES string of the molecule is CCCCCC1CCC(c2ccc(-c3ccc(CCCS)cc3)c(CC)c2)CC1. The monoisotopic (exact) mass is 408 g/mol. The highest BCUT2D eigenvalue weighted by atomic mass is 32.1. The van der Waals surface area contributed by atoms with E-state index < -0.39 is 0 Å². The summed E-state index contributed by atoms with van der Waals surface area (Å²) < 4.78 is 0. The summed E-state index contributed by atoms with van der Waals surface area (Å²) in [6.07, 6.45) is 14.7. The van der Waals surface area contributed by atoms with Gasteiger partial charge in [0.15, 0.2) is 0 Å². The van der Waals surface area contributed by atoms with E-state index in [2.05, 4.69) is 68.9 Å². The van der Waals surface area contributed by atoms with E-state index in [0.717, 1.165) is 36.9 Å². The zero-order valence-corrected chi connectivity index (χ0v) is 19.5. The molecule has 0 saturated heterocycles. The Bertz CT molecular complexity index is 722. The second-order valence-electron chi connectivity index (χ2n) is 9.01. The molecule has 0 amide bonds. The van der Waals surface area contributed by atoms with Gasteiger partial charge in [0.25, 0.3) is 0 Å². The van der Waals surface area contributed by atoms with Crippen LogP contribution in [0.25, 0.3) is 11.1 Å². The Hall–Kier alpha value is -1.21. The Morgan fingerprint density at radius 3 is 2.28 bits per heavy atom. The first-order valence-electron chi connectivity index (χ1n) is 12.1. The summed E-state index contributed by atoms with van der Waals surface area (Å²) in [6, 6.07) is 16.5. The van der Waals surface area contributed by atoms with Crippen LogP contribution in [-0.2, 0) is 12.8 Å². The van der Waals surface area contributed by atoms with Crippen LogP contribution in [0.15, 0.2) is 42.5 Å². The Labute approximate surface area is 184 Å². The van der Waals surface area contributed by atoms with Crippen LogP contribution < -0.4 is 0 Å². The molecule has 0 heterocycles. The van der Waals surface area contributed by atoms with Gasteiger partial charge >= 0.3 is 0 Å². The molecule has 1 aliphatic rings. The van der Waals surface area contributed by atoms with Crippen LogP contribution >= 0.6 is 12.6 Å². The lowest BCUT2D eigenvalue weighted by molar-refractivity contribution is 0.302. The average molecular weight is 409 g/mol. The maximum atomic E-state index is 4.33. The highest BCUT2D eigenvalue weighted by Gasteiger charge is 2.22. The van der Waals surface area contributed by atoms with Crippen LogP contribution in [0.3, 0.4) is 0 Å². The van der Waals surface area contributed by atoms with Crippen LogP contribution in [0, 0.1) is 5.92 Å². The molecule has 0 nitrogen and oxygen atoms in total. The van der Waals surface area contributed by atoms with E-state index in [9.17, 15) is 0 Å². The van der Waals surface area contributed by atoms with Gasteiger partial charge in [0, 0.05) is 0 Å². The Kier molecular flexibility index (Phi) is 9.18. The zero-order chi connectivity index (χ0) is 20.5. The van der Waals surface area contributed by atoms with Gasteiger partial charge in [-0.25, -0.2) is 0 Å². The molecular formula is C28H40S. The van der Waals surface area contributed by atoms with Crippen LogP contribution in [0.1, 0.15) is 94.2 Å². The minimum absolute atomic E-state index is 0.778. The van der Waals surface area contributed by atoms with Crippen molar-refractivity contribution in [2.24, 2.45) is 5.92 Å². The van der Waals surface area contributed by atoms with Crippen molar-refractivity contribution >= 4 is 12.6 Å². The summed E-state index contributed by atoms with van der Waals surface area (Å²) in [7, 11) is 0. The lowest BCUT2D eigenvalue weighted by atomic mass is 9.76. The van der Waals surface area contributed by atoms with Crippen LogP contribution in [-0.4, -0.2) is 5.75 Å². The summed E-state index contributed by atoms with van der Waals surface area (Å²) in [4.78, 5) is 0. The molecule has 0 bridgehead atoms. The smallest absolute Gasteiger partial charge is 0.00947 e. The lowest BCUT2D eigenvalue weighted by Crippen LogP contribution is -2.13. The normalized spacial score (nSPS) is 19.4. The topological polar surface area (TPSA) is 0 Å². The maximum absolute atomic E-state index is 4.33. The van der Waals surface area contributed by atoms with Crippen LogP contribution in [0.4, 0.5) is 0 Å². The van der Waals surface area contributed by atoms with Crippen LogP contribution in [0.5, 0.6) is 0 Å². The van der Waals surface area contributed by atoms with E-state index in [-0.39, 0.29) is 0 Å². The lowest BCUT2D eigenvalue weighted by Gasteiger charge is -2.29. The summed E-state index contributed by atoms with van der Waals surface area (Å²) in [5.74, 6) is 2.73. The van der Waals surface area contributed by atoms with Crippen molar-refractivity contribution in [3.05, 3.63) is 59.2 Å². The Balaban J connectivity index is 1.65. The first-order chi connectivity index (χ1) is 14.2. The van der Waals surface area contributed by atoms with Gasteiger partial charge in [-0.05, 0) is 90.4 Å². The van der Waals surface area contributed by atoms with E-state index in [1.165, 1.54) is 73.6 Å². The van der Waals surface area contributed by atoms with Gasteiger partial charge in [-0.2, -0.15) is 12.6 Å². The van der Waals surface area contributed by atoms with Gasteiger partial charge in [0.2, 0.25) is 0 Å². The highest BCUT2D eigenvalue weighted by molar-refractivity contribution is 7.80. The number of unbranched alkanes of at least 4 members (excludes halogenated alkanes) is 2. The second-order valence-corrected chi connectivity index (χ2v) is 9.45. The fraction of sp³-hybridized carbons (Fsp3) is 0.571. The third-order valence-corrected chi connectivity index (χ3v) is 7.25. The second kappa shape index (κ2) is 11.8. The number of aryl methyl sites for hydroxylation is 2. The standard InChI is InChI=1S/C28H40S/c1-3-5-6-8-22-10-14-25(15-11-22)27-18-19-28(24(4-2)21-27)26-16-12-23(13-17-26)9-7-20-29/h12-13,16-19,21-22,25,29H,3-11,14-15,20H2,1-2H3. The number of hydrogen-bond acceptors (Lipinski definition) is 1. The molecule has 1 fully saturated rings. The number of rotatable bonds is 10. The molecule has 3 rings (SSSR count). The third kappa shape index (κ3) is 6.38. The Morgan fingerprint density at radius 2 is 1.62 bits per heavy atom. The minimum atomic E-state index is 0.778.